The molecular formula is C35H38N2O5S. The standard InChI is InChI=1S/C35H38N2O5S/c1-35(2,3)30-20-18-26(19-21-30)31(24-25-14-16-29(17-15-25)33(38)36-22-23-43(40,41)42)34(39)37-32(27-10-6-4-7-11-27)28-12-8-5-9-13-28/h4-21,31-32H,22-24H2,1-3H3,(H,36,38)(H,37,39)(H,40,41,42). The summed E-state index contributed by atoms with van der Waals surface area (Å²) in [6.45, 7) is 6.25. The molecule has 4 aromatic carbocycles. The molecule has 0 aliphatic carbocycles. The van der Waals surface area contributed by atoms with Crippen molar-refractivity contribution in [2.45, 2.75) is 44.6 Å². The van der Waals surface area contributed by atoms with Gasteiger partial charge in [0.1, 0.15) is 0 Å². The Balaban J connectivity index is 1.60. The lowest BCUT2D eigenvalue weighted by atomic mass is 9.84. The summed E-state index contributed by atoms with van der Waals surface area (Å²) < 4.78 is 30.8. The molecule has 0 aromatic heterocycles. The Morgan fingerprint density at radius 2 is 1.28 bits per heavy atom. The predicted molar refractivity (Wildman–Crippen MR) is 170 cm³/mol. The zero-order valence-electron chi connectivity index (χ0n) is 24.7. The lowest BCUT2D eigenvalue weighted by Crippen LogP contribution is -2.34. The van der Waals surface area contributed by atoms with Crippen LogP contribution in [0.1, 0.15) is 70.9 Å². The molecule has 0 radical (unpaired) electrons. The smallest absolute Gasteiger partial charge is 0.266 e. The fourth-order valence-corrected chi connectivity index (χ4v) is 5.25. The number of benzene rings is 4. The van der Waals surface area contributed by atoms with Crippen LogP contribution in [-0.4, -0.2) is 37.1 Å². The molecule has 4 rings (SSSR count). The number of hydrogen-bond donors (Lipinski definition) is 3. The van der Waals surface area contributed by atoms with Crippen molar-refractivity contribution in [3.8, 4) is 0 Å². The van der Waals surface area contributed by atoms with Crippen LogP contribution in [0.2, 0.25) is 0 Å². The molecule has 3 N–H and O–H groups in total. The van der Waals surface area contributed by atoms with Gasteiger partial charge in [0.05, 0.1) is 17.7 Å². The Morgan fingerprint density at radius 3 is 1.77 bits per heavy atom. The normalized spacial score (nSPS) is 12.5. The maximum Gasteiger partial charge on any atom is 0.266 e. The minimum Gasteiger partial charge on any atom is -0.351 e. The van der Waals surface area contributed by atoms with E-state index in [9.17, 15) is 18.0 Å². The van der Waals surface area contributed by atoms with Gasteiger partial charge in [-0.2, -0.15) is 8.42 Å². The topological polar surface area (TPSA) is 113 Å². The molecule has 2 amide bonds. The summed E-state index contributed by atoms with van der Waals surface area (Å²) in [4.78, 5) is 26.6. The molecule has 0 saturated heterocycles. The second-order valence-corrected chi connectivity index (χ2v) is 13.2. The Hall–Kier alpha value is -4.27. The van der Waals surface area contributed by atoms with E-state index < -0.39 is 27.7 Å². The number of carbonyl (C=O) groups is 2. The summed E-state index contributed by atoms with van der Waals surface area (Å²) in [5.41, 5.74) is 5.21. The van der Waals surface area contributed by atoms with Crippen molar-refractivity contribution >= 4 is 21.9 Å². The largest absolute Gasteiger partial charge is 0.351 e. The van der Waals surface area contributed by atoms with Gasteiger partial charge in [0.15, 0.2) is 0 Å². The summed E-state index contributed by atoms with van der Waals surface area (Å²) in [6.07, 6.45) is 0.404. The van der Waals surface area contributed by atoms with Crippen LogP contribution in [-0.2, 0) is 26.7 Å². The minimum absolute atomic E-state index is 0.0280. The molecule has 0 bridgehead atoms. The zero-order chi connectivity index (χ0) is 31.0. The van der Waals surface area contributed by atoms with Crippen LogP contribution in [0.3, 0.4) is 0 Å². The van der Waals surface area contributed by atoms with Crippen molar-refractivity contribution in [2.24, 2.45) is 0 Å². The van der Waals surface area contributed by atoms with Gasteiger partial charge in [-0.1, -0.05) is 118 Å². The highest BCUT2D eigenvalue weighted by Gasteiger charge is 2.26. The van der Waals surface area contributed by atoms with Gasteiger partial charge in [0.25, 0.3) is 16.0 Å². The molecule has 0 fully saturated rings. The van der Waals surface area contributed by atoms with E-state index in [1.54, 1.807) is 24.3 Å². The van der Waals surface area contributed by atoms with E-state index in [0.29, 0.717) is 12.0 Å². The molecule has 0 saturated carbocycles. The third-order valence-corrected chi connectivity index (χ3v) is 8.07. The molecule has 0 aliphatic heterocycles. The van der Waals surface area contributed by atoms with Gasteiger partial charge >= 0.3 is 0 Å². The van der Waals surface area contributed by atoms with Gasteiger partial charge < -0.3 is 10.6 Å². The third-order valence-electron chi connectivity index (χ3n) is 7.35. The van der Waals surface area contributed by atoms with Crippen molar-refractivity contribution in [3.63, 3.8) is 0 Å². The van der Waals surface area contributed by atoms with Crippen LogP contribution in [0.4, 0.5) is 0 Å². The van der Waals surface area contributed by atoms with Crippen LogP contribution in [0.15, 0.2) is 109 Å². The number of nitrogens with one attached hydrogen (secondary N) is 2. The van der Waals surface area contributed by atoms with Gasteiger partial charge in [-0.25, -0.2) is 0 Å². The van der Waals surface area contributed by atoms with Gasteiger partial charge in [-0.05, 0) is 51.8 Å². The number of hydrogen-bond acceptors (Lipinski definition) is 4. The van der Waals surface area contributed by atoms with Crippen molar-refractivity contribution < 1.29 is 22.6 Å². The first-order chi connectivity index (χ1) is 20.4. The highest BCUT2D eigenvalue weighted by Crippen LogP contribution is 2.29. The lowest BCUT2D eigenvalue weighted by molar-refractivity contribution is -0.123. The zero-order valence-corrected chi connectivity index (χ0v) is 25.5. The number of amides is 2. The second kappa shape index (κ2) is 13.8. The monoisotopic (exact) mass is 598 g/mol. The maximum atomic E-state index is 14.1. The molecule has 8 heteroatoms. The fraction of sp³-hybridized carbons (Fsp3) is 0.257. The Bertz CT molecular complexity index is 1570. The van der Waals surface area contributed by atoms with Crippen LogP contribution in [0.5, 0.6) is 0 Å². The van der Waals surface area contributed by atoms with Crippen molar-refractivity contribution in [2.75, 3.05) is 12.3 Å². The Labute approximate surface area is 254 Å². The molecule has 7 nitrogen and oxygen atoms in total. The molecule has 43 heavy (non-hydrogen) atoms. The van der Waals surface area contributed by atoms with E-state index >= 15 is 0 Å². The van der Waals surface area contributed by atoms with E-state index in [1.165, 1.54) is 5.56 Å². The highest BCUT2D eigenvalue weighted by molar-refractivity contribution is 7.85. The second-order valence-electron chi connectivity index (χ2n) is 11.6. The number of carbonyl (C=O) groups excluding carboxylic acids is 2. The summed E-state index contributed by atoms with van der Waals surface area (Å²) in [6, 6.07) is 34.5. The molecule has 0 heterocycles. The molecule has 0 spiro atoms. The summed E-state index contributed by atoms with van der Waals surface area (Å²) in [7, 11) is -4.16. The van der Waals surface area contributed by atoms with Crippen LogP contribution < -0.4 is 10.6 Å². The van der Waals surface area contributed by atoms with E-state index in [4.69, 9.17) is 4.55 Å². The van der Waals surface area contributed by atoms with E-state index in [-0.39, 0.29) is 23.9 Å². The first kappa shape index (κ1) is 31.7. The average Bonchev–Trinajstić information content (AvgIpc) is 2.98. The maximum absolute atomic E-state index is 14.1. The van der Waals surface area contributed by atoms with Crippen LogP contribution in [0, 0.1) is 0 Å². The average molecular weight is 599 g/mol. The molecule has 4 aromatic rings. The SMILES string of the molecule is CC(C)(C)c1ccc(C(Cc2ccc(C(=O)NCCS(=O)(=O)O)cc2)C(=O)NC(c2ccccc2)c2ccccc2)cc1. The van der Waals surface area contributed by atoms with Crippen molar-refractivity contribution in [1.29, 1.82) is 0 Å². The molecule has 1 unspecified atom stereocenters. The van der Waals surface area contributed by atoms with Crippen LogP contribution >= 0.6 is 0 Å². The predicted octanol–water partition coefficient (Wildman–Crippen LogP) is 5.83. The van der Waals surface area contributed by atoms with Crippen molar-refractivity contribution in [3.05, 3.63) is 143 Å². The van der Waals surface area contributed by atoms with E-state index in [2.05, 4.69) is 43.5 Å². The fourth-order valence-electron chi connectivity index (χ4n) is 4.89. The van der Waals surface area contributed by atoms with Crippen molar-refractivity contribution in [1.82, 2.24) is 10.6 Å². The Morgan fingerprint density at radius 1 is 0.744 bits per heavy atom. The first-order valence-corrected chi connectivity index (χ1v) is 15.8. The molecule has 1 atom stereocenters. The van der Waals surface area contributed by atoms with Gasteiger partial charge in [0.2, 0.25) is 5.91 Å². The van der Waals surface area contributed by atoms with Gasteiger partial charge in [-0.3, -0.25) is 14.1 Å². The number of rotatable bonds is 11. The summed E-state index contributed by atoms with van der Waals surface area (Å²) >= 11 is 0. The summed E-state index contributed by atoms with van der Waals surface area (Å²) in [5.74, 6) is -1.63. The van der Waals surface area contributed by atoms with Gasteiger partial charge in [-0.15, -0.1) is 0 Å². The Kier molecular flexibility index (Phi) is 10.2. The first-order valence-electron chi connectivity index (χ1n) is 14.2. The molecule has 0 aliphatic rings. The van der Waals surface area contributed by atoms with Gasteiger partial charge in [0, 0.05) is 12.1 Å². The summed E-state index contributed by atoms with van der Waals surface area (Å²) in [5, 5.41) is 5.79. The van der Waals surface area contributed by atoms with E-state index in [0.717, 1.165) is 22.3 Å². The van der Waals surface area contributed by atoms with E-state index in [1.807, 2.05) is 72.8 Å². The highest BCUT2D eigenvalue weighted by atomic mass is 32.2. The lowest BCUT2D eigenvalue weighted by Gasteiger charge is -2.25. The van der Waals surface area contributed by atoms with Crippen LogP contribution in [0.25, 0.3) is 0 Å². The minimum atomic E-state index is -4.16. The third kappa shape index (κ3) is 9.11. The molecule has 224 valence electrons. The quantitative estimate of drug-likeness (QED) is 0.188. The molecular weight excluding hydrogens is 560 g/mol.